The van der Waals surface area contributed by atoms with E-state index in [0.717, 1.165) is 23.1 Å². The Hall–Kier alpha value is -4.33. The van der Waals surface area contributed by atoms with Gasteiger partial charge in [0.2, 0.25) is 0 Å². The van der Waals surface area contributed by atoms with Crippen LogP contribution in [0.2, 0.25) is 5.02 Å². The van der Waals surface area contributed by atoms with E-state index in [1.807, 2.05) is 0 Å². The van der Waals surface area contributed by atoms with Crippen LogP contribution in [0.15, 0.2) is 60.7 Å². The van der Waals surface area contributed by atoms with Gasteiger partial charge >= 0.3 is 30.0 Å². The number of urea groups is 1. The number of alkyl halides is 7. The molecule has 0 saturated heterocycles. The van der Waals surface area contributed by atoms with Crippen molar-refractivity contribution in [3.8, 4) is 0 Å². The molecule has 3 N–H and O–H groups in total. The first-order valence-electron chi connectivity index (χ1n) is 12.9. The maximum absolute atomic E-state index is 14.2. The van der Waals surface area contributed by atoms with Crippen molar-refractivity contribution in [1.29, 1.82) is 0 Å². The summed E-state index contributed by atoms with van der Waals surface area (Å²) >= 11 is 5.66. The molecule has 234 valence electrons. The van der Waals surface area contributed by atoms with Crippen LogP contribution in [0.25, 0.3) is 0 Å². The average Bonchev–Trinajstić information content (AvgIpc) is 2.92. The van der Waals surface area contributed by atoms with Gasteiger partial charge in [0.1, 0.15) is 0 Å². The lowest BCUT2D eigenvalue weighted by molar-refractivity contribution is -0.211. The Morgan fingerprint density at radius 3 is 2.14 bits per heavy atom. The Balaban J connectivity index is 1.64. The van der Waals surface area contributed by atoms with Gasteiger partial charge in [0, 0.05) is 36.3 Å². The maximum Gasteiger partial charge on any atom is 0.417 e. The molecule has 44 heavy (non-hydrogen) atoms. The number of carbonyl (C=O) groups is 3. The molecule has 1 aliphatic rings. The van der Waals surface area contributed by atoms with Gasteiger partial charge < -0.3 is 15.7 Å². The van der Waals surface area contributed by atoms with Crippen LogP contribution in [0.5, 0.6) is 0 Å². The molecule has 7 nitrogen and oxygen atoms in total. The summed E-state index contributed by atoms with van der Waals surface area (Å²) in [7, 11) is 0. The summed E-state index contributed by atoms with van der Waals surface area (Å²) in [4.78, 5) is 37.4. The molecule has 0 radical (unpaired) electrons. The van der Waals surface area contributed by atoms with E-state index in [-0.39, 0.29) is 47.6 Å². The summed E-state index contributed by atoms with van der Waals surface area (Å²) in [5.74, 6) is -10.3. The maximum atomic E-state index is 14.2. The molecule has 0 heterocycles. The first-order valence-corrected chi connectivity index (χ1v) is 13.3. The Morgan fingerprint density at radius 1 is 0.886 bits per heavy atom. The molecule has 0 aromatic heterocycles. The number of fused-ring (bicyclic) bond motifs is 1. The van der Waals surface area contributed by atoms with Gasteiger partial charge in [-0.15, -0.1) is 0 Å². The van der Waals surface area contributed by atoms with Gasteiger partial charge in [0.25, 0.3) is 5.91 Å². The van der Waals surface area contributed by atoms with Gasteiger partial charge in [0.05, 0.1) is 23.6 Å². The van der Waals surface area contributed by atoms with Crippen molar-refractivity contribution in [1.82, 2.24) is 5.32 Å². The molecule has 3 aromatic rings. The number of halogens is 8. The van der Waals surface area contributed by atoms with Crippen molar-refractivity contribution in [3.63, 3.8) is 0 Å². The minimum atomic E-state index is -4.83. The number of anilines is 2. The van der Waals surface area contributed by atoms with Gasteiger partial charge in [-0.1, -0.05) is 29.8 Å². The highest BCUT2D eigenvalue weighted by molar-refractivity contribution is 6.31. The molecule has 15 heteroatoms. The van der Waals surface area contributed by atoms with Crippen LogP contribution in [0, 0.1) is 0 Å². The van der Waals surface area contributed by atoms with Crippen LogP contribution in [0.4, 0.5) is 46.9 Å². The normalized spacial score (nSPS) is 15.2. The van der Waals surface area contributed by atoms with Crippen LogP contribution >= 0.6 is 11.6 Å². The molecule has 3 aromatic carbocycles. The van der Waals surface area contributed by atoms with Crippen LogP contribution in [0.3, 0.4) is 0 Å². The van der Waals surface area contributed by atoms with Crippen molar-refractivity contribution < 1.29 is 50.2 Å². The zero-order valence-corrected chi connectivity index (χ0v) is 23.2. The number of aliphatic carboxylic acids is 1. The fourth-order valence-corrected chi connectivity index (χ4v) is 4.70. The molecular formula is C29H23ClF7N3O4. The SMILES string of the molecule is O=C(O)CCNC(=O)c1ccc(CN(C(=O)Nc2ccc(Cl)c(C(F)(F)F)c2)c2ccc3c(c2)CC(F)(F)C(F)(F)C3)cc1. The van der Waals surface area contributed by atoms with Gasteiger partial charge in [-0.2, -0.15) is 30.7 Å². The van der Waals surface area contributed by atoms with Crippen LogP contribution in [-0.2, 0) is 30.4 Å². The summed E-state index contributed by atoms with van der Waals surface area (Å²) in [6.07, 6.45) is -7.64. The van der Waals surface area contributed by atoms with Crippen molar-refractivity contribution in [2.75, 3.05) is 16.8 Å². The molecule has 0 unspecified atom stereocenters. The quantitative estimate of drug-likeness (QED) is 0.226. The van der Waals surface area contributed by atoms with Gasteiger partial charge in [-0.25, -0.2) is 4.79 Å². The van der Waals surface area contributed by atoms with E-state index in [9.17, 15) is 45.1 Å². The Labute approximate surface area is 250 Å². The summed E-state index contributed by atoms with van der Waals surface area (Å²) in [6, 6.07) is 10.9. The molecule has 4 rings (SSSR count). The number of nitrogens with zero attached hydrogens (tertiary/aromatic N) is 1. The first-order chi connectivity index (χ1) is 20.5. The Bertz CT molecular complexity index is 1580. The predicted molar refractivity (Wildman–Crippen MR) is 146 cm³/mol. The van der Waals surface area contributed by atoms with E-state index in [1.165, 1.54) is 36.4 Å². The highest BCUT2D eigenvalue weighted by Crippen LogP contribution is 2.45. The highest BCUT2D eigenvalue weighted by atomic mass is 35.5. The minimum absolute atomic E-state index is 0.0113. The van der Waals surface area contributed by atoms with Crippen molar-refractivity contribution in [3.05, 3.63) is 93.5 Å². The van der Waals surface area contributed by atoms with E-state index >= 15 is 0 Å². The third-order valence-corrected chi connectivity index (χ3v) is 7.14. The zero-order chi connectivity index (χ0) is 32.4. The van der Waals surface area contributed by atoms with E-state index in [1.54, 1.807) is 0 Å². The molecule has 0 bridgehead atoms. The van der Waals surface area contributed by atoms with Crippen LogP contribution in [-0.4, -0.2) is 41.4 Å². The van der Waals surface area contributed by atoms with Crippen LogP contribution in [0.1, 0.15) is 39.0 Å². The van der Waals surface area contributed by atoms with E-state index in [0.29, 0.717) is 11.6 Å². The van der Waals surface area contributed by atoms with Crippen molar-refractivity contribution in [2.24, 2.45) is 0 Å². The molecule has 3 amide bonds. The fourth-order valence-electron chi connectivity index (χ4n) is 4.47. The summed E-state index contributed by atoms with van der Waals surface area (Å²) < 4.78 is 96.3. The molecule has 0 saturated carbocycles. The van der Waals surface area contributed by atoms with Gasteiger partial charge in [-0.3, -0.25) is 14.5 Å². The number of amides is 3. The van der Waals surface area contributed by atoms with Gasteiger partial charge in [-0.05, 0) is 59.2 Å². The lowest BCUT2D eigenvalue weighted by atomic mass is 9.86. The molecule has 0 aliphatic heterocycles. The number of carboxylic acids is 1. The summed E-state index contributed by atoms with van der Waals surface area (Å²) in [5.41, 5.74) is -1.13. The topological polar surface area (TPSA) is 98.7 Å². The summed E-state index contributed by atoms with van der Waals surface area (Å²) in [5, 5.41) is 12.8. The predicted octanol–water partition coefficient (Wildman–Crippen LogP) is 7.17. The lowest BCUT2D eigenvalue weighted by Crippen LogP contribution is -2.47. The van der Waals surface area contributed by atoms with Gasteiger partial charge in [0.15, 0.2) is 0 Å². The number of hydrogen-bond donors (Lipinski definition) is 3. The largest absolute Gasteiger partial charge is 0.481 e. The third kappa shape index (κ3) is 7.41. The zero-order valence-electron chi connectivity index (χ0n) is 22.5. The van der Waals surface area contributed by atoms with Crippen molar-refractivity contribution >= 4 is 40.9 Å². The minimum Gasteiger partial charge on any atom is -0.481 e. The molecule has 0 spiro atoms. The Morgan fingerprint density at radius 2 is 1.52 bits per heavy atom. The highest BCUT2D eigenvalue weighted by Gasteiger charge is 2.58. The molecular weight excluding hydrogens is 623 g/mol. The number of hydrogen-bond acceptors (Lipinski definition) is 3. The number of carbonyl (C=O) groups excluding carboxylic acids is 2. The van der Waals surface area contributed by atoms with E-state index in [2.05, 4.69) is 10.6 Å². The third-order valence-electron chi connectivity index (χ3n) is 6.81. The average molecular weight is 646 g/mol. The molecule has 0 fully saturated rings. The Kier molecular flexibility index (Phi) is 9.14. The summed E-state index contributed by atoms with van der Waals surface area (Å²) in [6.45, 7) is -0.397. The number of nitrogens with one attached hydrogen (secondary N) is 2. The number of rotatable bonds is 8. The van der Waals surface area contributed by atoms with E-state index < -0.39 is 59.4 Å². The second-order valence-electron chi connectivity index (χ2n) is 10.0. The van der Waals surface area contributed by atoms with Crippen molar-refractivity contribution in [2.45, 2.75) is 43.8 Å². The number of benzene rings is 3. The monoisotopic (exact) mass is 645 g/mol. The second-order valence-corrected chi connectivity index (χ2v) is 10.4. The molecule has 1 aliphatic carbocycles. The second kappa shape index (κ2) is 12.3. The number of carboxylic acid groups (broad SMARTS) is 1. The fraction of sp³-hybridized carbons (Fsp3) is 0.276. The molecule has 0 atom stereocenters. The standard InChI is InChI=1S/C29H23ClF7N3O4/c30-23-8-6-20(12-22(23)29(35,36)37)39-26(44)40(15-16-1-3-17(4-2-16)25(43)38-10-9-24(41)42)21-7-5-18-13-27(31,32)28(33,34)14-19(18)11-21/h1-8,11-12H,9-10,13-15H2,(H,38,43)(H,39,44)(H,41,42). The lowest BCUT2D eigenvalue weighted by Gasteiger charge is -2.33. The smallest absolute Gasteiger partial charge is 0.417 e. The van der Waals surface area contributed by atoms with E-state index in [4.69, 9.17) is 16.7 Å². The van der Waals surface area contributed by atoms with Crippen LogP contribution < -0.4 is 15.5 Å². The first kappa shape index (κ1) is 32.6.